The molecule has 1 aromatic heterocycles. The second-order valence-corrected chi connectivity index (χ2v) is 9.88. The summed E-state index contributed by atoms with van der Waals surface area (Å²) in [6.45, 7) is 8.92. The van der Waals surface area contributed by atoms with Gasteiger partial charge in [0, 0.05) is 6.42 Å². The van der Waals surface area contributed by atoms with E-state index in [1.807, 2.05) is 13.8 Å². The summed E-state index contributed by atoms with van der Waals surface area (Å²) in [5.74, 6) is 0. The molecule has 1 fully saturated rings. The van der Waals surface area contributed by atoms with Gasteiger partial charge in [-0.1, -0.05) is 32.9 Å². The third-order valence-corrected chi connectivity index (χ3v) is 7.58. The summed E-state index contributed by atoms with van der Waals surface area (Å²) in [6.07, 6.45) is -1.56. The fourth-order valence-electron chi connectivity index (χ4n) is 4.41. The Hall–Kier alpha value is -2.13. The summed E-state index contributed by atoms with van der Waals surface area (Å²) in [7, 11) is 0. The molecule has 174 valence electrons. The number of aliphatic hydroxyl groups is 1. The first-order chi connectivity index (χ1) is 14.8. The van der Waals surface area contributed by atoms with Crippen LogP contribution in [0.4, 0.5) is 13.2 Å². The lowest BCUT2D eigenvalue weighted by Crippen LogP contribution is -2.45. The average Bonchev–Trinajstić information content (AvgIpc) is 3.22. The Balaban J connectivity index is 2.09. The highest BCUT2D eigenvalue weighted by Gasteiger charge is 2.52. The topological polar surface area (TPSA) is 68.0 Å². The third kappa shape index (κ3) is 4.37. The Labute approximate surface area is 190 Å². The Morgan fingerprint density at radius 1 is 1.31 bits per heavy atom. The molecule has 0 saturated heterocycles. The van der Waals surface area contributed by atoms with Crippen LogP contribution in [0.15, 0.2) is 35.3 Å². The van der Waals surface area contributed by atoms with E-state index in [1.54, 1.807) is 19.9 Å². The number of carbonyl (C=O) groups is 1. The van der Waals surface area contributed by atoms with E-state index >= 15 is 0 Å². The van der Waals surface area contributed by atoms with Crippen LogP contribution in [0.5, 0.6) is 0 Å². The molecule has 9 heteroatoms. The van der Waals surface area contributed by atoms with Crippen molar-refractivity contribution in [1.29, 1.82) is 0 Å². The van der Waals surface area contributed by atoms with Crippen LogP contribution in [0, 0.1) is 12.3 Å². The molecule has 1 aliphatic carbocycles. The molecule has 3 rings (SSSR count). The van der Waals surface area contributed by atoms with E-state index in [-0.39, 0.29) is 17.2 Å². The SMILES string of the molecule is CCC(=O)Sc1ncnn1CC1(O)/C(=C(\C)c2cccc(C(F)(F)F)c2C)CCC1(C)C. The lowest BCUT2D eigenvalue weighted by molar-refractivity contribution is -0.138. The molecule has 1 aromatic carbocycles. The quantitative estimate of drug-likeness (QED) is 0.575. The van der Waals surface area contributed by atoms with E-state index < -0.39 is 22.8 Å². The van der Waals surface area contributed by atoms with Crippen LogP contribution in [-0.4, -0.2) is 30.6 Å². The number of hydrogen-bond acceptors (Lipinski definition) is 5. The Morgan fingerprint density at radius 2 is 2.00 bits per heavy atom. The number of benzene rings is 1. The first-order valence-electron chi connectivity index (χ1n) is 10.5. The average molecular weight is 468 g/mol. The van der Waals surface area contributed by atoms with E-state index in [0.29, 0.717) is 41.1 Å². The Kier molecular flexibility index (Phi) is 6.64. The monoisotopic (exact) mass is 467 g/mol. The normalized spacial score (nSPS) is 22.3. The van der Waals surface area contributed by atoms with Crippen LogP contribution in [0.1, 0.15) is 63.6 Å². The van der Waals surface area contributed by atoms with Crippen LogP contribution >= 0.6 is 11.8 Å². The molecule has 1 atom stereocenters. The molecule has 0 spiro atoms. The molecule has 1 unspecified atom stereocenters. The van der Waals surface area contributed by atoms with E-state index in [0.717, 1.165) is 17.8 Å². The Morgan fingerprint density at radius 3 is 2.62 bits per heavy atom. The Bertz CT molecular complexity index is 1060. The number of aromatic nitrogens is 3. The van der Waals surface area contributed by atoms with Gasteiger partial charge in [-0.2, -0.15) is 18.3 Å². The van der Waals surface area contributed by atoms with E-state index in [2.05, 4.69) is 10.1 Å². The van der Waals surface area contributed by atoms with Crippen LogP contribution < -0.4 is 0 Å². The van der Waals surface area contributed by atoms with Gasteiger partial charge in [0.25, 0.3) is 0 Å². The van der Waals surface area contributed by atoms with Gasteiger partial charge in [0.05, 0.1) is 12.1 Å². The minimum absolute atomic E-state index is 0.0595. The molecule has 1 heterocycles. The van der Waals surface area contributed by atoms with Crippen molar-refractivity contribution in [3.8, 4) is 0 Å². The van der Waals surface area contributed by atoms with Gasteiger partial charge in [-0.15, -0.1) is 0 Å². The molecule has 0 amide bonds. The van der Waals surface area contributed by atoms with Gasteiger partial charge in [-0.3, -0.25) is 4.79 Å². The van der Waals surface area contributed by atoms with Gasteiger partial charge < -0.3 is 5.11 Å². The van der Waals surface area contributed by atoms with Crippen molar-refractivity contribution in [2.24, 2.45) is 5.41 Å². The van der Waals surface area contributed by atoms with E-state index in [1.165, 1.54) is 24.0 Å². The number of hydrogen-bond donors (Lipinski definition) is 1. The van der Waals surface area contributed by atoms with Gasteiger partial charge in [0.2, 0.25) is 0 Å². The minimum Gasteiger partial charge on any atom is -0.383 e. The molecule has 0 aliphatic heterocycles. The second-order valence-electron chi connectivity index (χ2n) is 8.85. The molecular weight excluding hydrogens is 439 g/mol. The van der Waals surface area contributed by atoms with Crippen molar-refractivity contribution in [3.63, 3.8) is 0 Å². The zero-order valence-corrected chi connectivity index (χ0v) is 19.7. The van der Waals surface area contributed by atoms with E-state index in [9.17, 15) is 23.1 Å². The molecule has 1 N–H and O–H groups in total. The number of thioether (sulfide) groups is 1. The maximum atomic E-state index is 13.5. The lowest BCUT2D eigenvalue weighted by atomic mass is 9.74. The molecular formula is C23H28F3N3O2S. The van der Waals surface area contributed by atoms with Gasteiger partial charge in [0.15, 0.2) is 10.3 Å². The van der Waals surface area contributed by atoms with Crippen molar-refractivity contribution >= 4 is 22.5 Å². The summed E-state index contributed by atoms with van der Waals surface area (Å²) in [5, 5.41) is 16.5. The van der Waals surface area contributed by atoms with Crippen molar-refractivity contribution < 1.29 is 23.1 Å². The molecule has 1 saturated carbocycles. The number of halogens is 3. The number of alkyl halides is 3. The summed E-state index contributed by atoms with van der Waals surface area (Å²) >= 11 is 0.970. The van der Waals surface area contributed by atoms with E-state index in [4.69, 9.17) is 0 Å². The number of allylic oxidation sites excluding steroid dienone is 1. The molecule has 5 nitrogen and oxygen atoms in total. The standard InChI is InChI=1S/C23H28F3N3O2S/c1-6-19(30)32-20-27-13-28-29(20)12-22(31)17(10-11-21(22,4)5)14(2)16-8-7-9-18(15(16)3)23(24,25)26/h7-9,13,31H,6,10-12H2,1-5H3/b17-14+. The summed E-state index contributed by atoms with van der Waals surface area (Å²) < 4.78 is 41.9. The van der Waals surface area contributed by atoms with Crippen molar-refractivity contribution in [3.05, 3.63) is 46.8 Å². The summed E-state index contributed by atoms with van der Waals surface area (Å²) in [6, 6.07) is 4.14. The maximum Gasteiger partial charge on any atom is 0.416 e. The summed E-state index contributed by atoms with van der Waals surface area (Å²) in [5.41, 5.74) is -0.650. The van der Waals surface area contributed by atoms with Crippen LogP contribution in [0.2, 0.25) is 0 Å². The molecule has 0 radical (unpaired) electrons. The van der Waals surface area contributed by atoms with Crippen molar-refractivity contribution in [1.82, 2.24) is 14.8 Å². The van der Waals surface area contributed by atoms with Gasteiger partial charge in [-0.25, -0.2) is 9.67 Å². The molecule has 1 aliphatic rings. The van der Waals surface area contributed by atoms with Crippen LogP contribution in [0.3, 0.4) is 0 Å². The molecule has 0 bridgehead atoms. The van der Waals surface area contributed by atoms with Crippen molar-refractivity contribution in [2.75, 3.05) is 0 Å². The largest absolute Gasteiger partial charge is 0.416 e. The first-order valence-corrected chi connectivity index (χ1v) is 11.3. The maximum absolute atomic E-state index is 13.5. The smallest absolute Gasteiger partial charge is 0.383 e. The zero-order chi connectivity index (χ0) is 23.9. The fraction of sp³-hybridized carbons (Fsp3) is 0.522. The first kappa shape index (κ1) is 24.5. The number of nitrogens with zero attached hydrogens (tertiary/aromatic N) is 3. The van der Waals surface area contributed by atoms with Gasteiger partial charge in [0.1, 0.15) is 11.9 Å². The number of carbonyl (C=O) groups excluding carboxylic acids is 1. The summed E-state index contributed by atoms with van der Waals surface area (Å²) in [4.78, 5) is 16.0. The van der Waals surface area contributed by atoms with Crippen molar-refractivity contribution in [2.45, 2.75) is 77.4 Å². The fourth-order valence-corrected chi connectivity index (χ4v) is 5.07. The third-order valence-electron chi connectivity index (χ3n) is 6.57. The second kappa shape index (κ2) is 8.67. The lowest BCUT2D eigenvalue weighted by Gasteiger charge is -2.38. The predicted octanol–water partition coefficient (Wildman–Crippen LogP) is 5.66. The highest BCUT2D eigenvalue weighted by atomic mass is 32.2. The van der Waals surface area contributed by atoms with Crippen LogP contribution in [0.25, 0.3) is 5.57 Å². The zero-order valence-electron chi connectivity index (χ0n) is 18.9. The van der Waals surface area contributed by atoms with Gasteiger partial charge >= 0.3 is 6.18 Å². The van der Waals surface area contributed by atoms with Gasteiger partial charge in [-0.05, 0) is 72.2 Å². The highest BCUT2D eigenvalue weighted by molar-refractivity contribution is 8.13. The molecule has 32 heavy (non-hydrogen) atoms. The highest BCUT2D eigenvalue weighted by Crippen LogP contribution is 2.53. The number of rotatable bonds is 5. The molecule has 2 aromatic rings. The minimum atomic E-state index is -4.45. The van der Waals surface area contributed by atoms with Crippen LogP contribution in [-0.2, 0) is 17.5 Å². The predicted molar refractivity (Wildman–Crippen MR) is 118 cm³/mol.